The van der Waals surface area contributed by atoms with Gasteiger partial charge in [0.2, 0.25) is 5.43 Å². The standard InChI is InChI=1S/C18H11F4NO4/c19-12-2-1-3-13-15(12)16(24)14(27-17(25)26)9-23(13)8-10-4-6-11(7-5-10)18(20,21)22/h1-7,9H,8H2,(H,25,26). The quantitative estimate of drug-likeness (QED) is 0.544. The summed E-state index contributed by atoms with van der Waals surface area (Å²) in [5, 5.41) is 8.38. The van der Waals surface area contributed by atoms with E-state index in [1.54, 1.807) is 0 Å². The second-order valence-electron chi connectivity index (χ2n) is 5.65. The number of hydrogen-bond acceptors (Lipinski definition) is 3. The average Bonchev–Trinajstić information content (AvgIpc) is 2.58. The highest BCUT2D eigenvalue weighted by Gasteiger charge is 2.29. The number of nitrogens with zero attached hydrogens (tertiary/aromatic N) is 1. The van der Waals surface area contributed by atoms with Crippen LogP contribution in [0.5, 0.6) is 5.75 Å². The smallest absolute Gasteiger partial charge is 0.449 e. The van der Waals surface area contributed by atoms with Crippen molar-refractivity contribution >= 4 is 17.1 Å². The van der Waals surface area contributed by atoms with E-state index in [2.05, 4.69) is 4.74 Å². The zero-order valence-corrected chi connectivity index (χ0v) is 13.5. The first-order valence-electron chi connectivity index (χ1n) is 7.55. The van der Waals surface area contributed by atoms with Crippen molar-refractivity contribution in [2.75, 3.05) is 0 Å². The van der Waals surface area contributed by atoms with Crippen LogP contribution in [0.25, 0.3) is 10.9 Å². The summed E-state index contributed by atoms with van der Waals surface area (Å²) in [6.45, 7) is -0.0334. The molecule has 0 radical (unpaired) electrons. The largest absolute Gasteiger partial charge is 0.511 e. The van der Waals surface area contributed by atoms with Crippen molar-refractivity contribution in [1.29, 1.82) is 0 Å². The summed E-state index contributed by atoms with van der Waals surface area (Å²) in [6, 6.07) is 8.11. The first-order chi connectivity index (χ1) is 12.7. The van der Waals surface area contributed by atoms with Gasteiger partial charge >= 0.3 is 12.3 Å². The Morgan fingerprint density at radius 3 is 2.37 bits per heavy atom. The Labute approximate surface area is 149 Å². The number of hydrogen-bond donors (Lipinski definition) is 1. The summed E-state index contributed by atoms with van der Waals surface area (Å²) in [5.41, 5.74) is -1.18. The van der Waals surface area contributed by atoms with Crippen molar-refractivity contribution in [3.63, 3.8) is 0 Å². The topological polar surface area (TPSA) is 68.5 Å². The van der Waals surface area contributed by atoms with Gasteiger partial charge in [0.1, 0.15) is 5.82 Å². The molecular formula is C18H11F4NO4. The van der Waals surface area contributed by atoms with Crippen LogP contribution in [0.4, 0.5) is 22.4 Å². The molecule has 0 saturated heterocycles. The molecule has 0 atom stereocenters. The number of aromatic nitrogens is 1. The molecule has 140 valence electrons. The molecule has 1 aromatic heterocycles. The molecule has 2 aromatic carbocycles. The second-order valence-corrected chi connectivity index (χ2v) is 5.65. The predicted molar refractivity (Wildman–Crippen MR) is 87.4 cm³/mol. The lowest BCUT2D eigenvalue weighted by Gasteiger charge is -2.14. The van der Waals surface area contributed by atoms with Gasteiger partial charge in [-0.2, -0.15) is 13.2 Å². The SMILES string of the molecule is O=C(O)Oc1cn(Cc2ccc(C(F)(F)F)cc2)c2cccc(F)c2c1=O. The Kier molecular flexibility index (Phi) is 4.61. The van der Waals surface area contributed by atoms with Crippen LogP contribution >= 0.6 is 0 Å². The monoisotopic (exact) mass is 381 g/mol. The fourth-order valence-electron chi connectivity index (χ4n) is 2.66. The third kappa shape index (κ3) is 3.76. The summed E-state index contributed by atoms with van der Waals surface area (Å²) in [6.07, 6.45) is -5.15. The van der Waals surface area contributed by atoms with Crippen molar-refractivity contribution < 1.29 is 32.2 Å². The maximum absolute atomic E-state index is 14.1. The molecule has 3 rings (SSSR count). The lowest BCUT2D eigenvalue weighted by atomic mass is 10.1. The number of ether oxygens (including phenoxy) is 1. The number of carbonyl (C=O) groups is 1. The van der Waals surface area contributed by atoms with E-state index in [0.717, 1.165) is 24.4 Å². The maximum atomic E-state index is 14.1. The van der Waals surface area contributed by atoms with E-state index in [0.29, 0.717) is 5.56 Å². The zero-order chi connectivity index (χ0) is 19.8. The van der Waals surface area contributed by atoms with Crippen molar-refractivity contribution in [1.82, 2.24) is 4.57 Å². The summed E-state index contributed by atoms with van der Waals surface area (Å²) in [7, 11) is 0. The molecule has 0 aliphatic carbocycles. The number of rotatable bonds is 3. The minimum Gasteiger partial charge on any atom is -0.449 e. The fraction of sp³-hybridized carbons (Fsp3) is 0.111. The fourth-order valence-corrected chi connectivity index (χ4v) is 2.66. The third-order valence-electron chi connectivity index (χ3n) is 3.86. The van der Waals surface area contributed by atoms with Crippen molar-refractivity contribution in [2.24, 2.45) is 0 Å². The number of fused-ring (bicyclic) bond motifs is 1. The summed E-state index contributed by atoms with van der Waals surface area (Å²) < 4.78 is 57.9. The Bertz CT molecular complexity index is 1070. The van der Waals surface area contributed by atoms with Gasteiger partial charge in [0, 0.05) is 6.54 Å². The van der Waals surface area contributed by atoms with Gasteiger partial charge in [-0.15, -0.1) is 0 Å². The minimum atomic E-state index is -4.48. The summed E-state index contributed by atoms with van der Waals surface area (Å²) in [5.74, 6) is -1.47. The average molecular weight is 381 g/mol. The van der Waals surface area contributed by atoms with E-state index in [9.17, 15) is 27.2 Å². The van der Waals surface area contributed by atoms with Crippen LogP contribution in [0, 0.1) is 5.82 Å². The highest BCUT2D eigenvalue weighted by molar-refractivity contribution is 5.81. The number of pyridine rings is 1. The summed E-state index contributed by atoms with van der Waals surface area (Å²) >= 11 is 0. The predicted octanol–water partition coefficient (Wildman–Crippen LogP) is 4.26. The molecule has 0 bridgehead atoms. The van der Waals surface area contributed by atoms with E-state index in [-0.39, 0.29) is 17.4 Å². The maximum Gasteiger partial charge on any atom is 0.511 e. The Balaban J connectivity index is 2.10. The molecule has 0 unspecified atom stereocenters. The van der Waals surface area contributed by atoms with Gasteiger partial charge in [-0.1, -0.05) is 18.2 Å². The van der Waals surface area contributed by atoms with Gasteiger partial charge in [0.15, 0.2) is 5.75 Å². The lowest BCUT2D eigenvalue weighted by Crippen LogP contribution is -2.17. The number of halogens is 4. The van der Waals surface area contributed by atoms with Crippen LogP contribution in [0.15, 0.2) is 53.5 Å². The normalized spacial score (nSPS) is 11.6. The molecule has 9 heteroatoms. The van der Waals surface area contributed by atoms with Gasteiger partial charge < -0.3 is 14.4 Å². The molecule has 0 fully saturated rings. The van der Waals surface area contributed by atoms with E-state index < -0.39 is 34.9 Å². The van der Waals surface area contributed by atoms with E-state index in [4.69, 9.17) is 5.11 Å². The van der Waals surface area contributed by atoms with Gasteiger partial charge in [-0.25, -0.2) is 9.18 Å². The molecule has 27 heavy (non-hydrogen) atoms. The number of carboxylic acid groups (broad SMARTS) is 1. The van der Waals surface area contributed by atoms with Gasteiger partial charge in [-0.05, 0) is 29.8 Å². The molecular weight excluding hydrogens is 370 g/mol. The zero-order valence-electron chi connectivity index (χ0n) is 13.5. The van der Waals surface area contributed by atoms with Gasteiger partial charge in [0.05, 0.1) is 22.7 Å². The van der Waals surface area contributed by atoms with E-state index >= 15 is 0 Å². The van der Waals surface area contributed by atoms with Crippen molar-refractivity contribution in [2.45, 2.75) is 12.7 Å². The molecule has 0 amide bonds. The second kappa shape index (κ2) is 6.75. The summed E-state index contributed by atoms with van der Waals surface area (Å²) in [4.78, 5) is 23.1. The highest BCUT2D eigenvalue weighted by atomic mass is 19.4. The number of alkyl halides is 3. The van der Waals surface area contributed by atoms with Crippen molar-refractivity contribution in [3.8, 4) is 5.75 Å². The van der Waals surface area contributed by atoms with Gasteiger partial charge in [-0.3, -0.25) is 4.79 Å². The van der Waals surface area contributed by atoms with E-state index in [1.165, 1.54) is 28.8 Å². The molecule has 1 heterocycles. The first kappa shape index (κ1) is 18.4. The molecule has 5 nitrogen and oxygen atoms in total. The lowest BCUT2D eigenvalue weighted by molar-refractivity contribution is -0.137. The molecule has 1 N–H and O–H groups in total. The Morgan fingerprint density at radius 1 is 1.11 bits per heavy atom. The van der Waals surface area contributed by atoms with Crippen LogP contribution in [0.2, 0.25) is 0 Å². The van der Waals surface area contributed by atoms with Crippen molar-refractivity contribution in [3.05, 3.63) is 75.8 Å². The molecule has 0 spiro atoms. The van der Waals surface area contributed by atoms with Crippen LogP contribution in [-0.2, 0) is 12.7 Å². The number of benzene rings is 2. The molecule has 3 aromatic rings. The van der Waals surface area contributed by atoms with Crippen LogP contribution < -0.4 is 10.2 Å². The highest BCUT2D eigenvalue weighted by Crippen LogP contribution is 2.29. The molecule has 0 saturated carbocycles. The van der Waals surface area contributed by atoms with Gasteiger partial charge in [0.25, 0.3) is 0 Å². The van der Waals surface area contributed by atoms with Crippen LogP contribution in [0.1, 0.15) is 11.1 Å². The molecule has 0 aliphatic heterocycles. The minimum absolute atomic E-state index is 0.0334. The van der Waals surface area contributed by atoms with E-state index in [1.807, 2.05) is 0 Å². The molecule has 0 aliphatic rings. The third-order valence-corrected chi connectivity index (χ3v) is 3.86. The van der Waals surface area contributed by atoms with Crippen LogP contribution in [-0.4, -0.2) is 15.8 Å². The Morgan fingerprint density at radius 2 is 1.78 bits per heavy atom. The van der Waals surface area contributed by atoms with Crippen LogP contribution in [0.3, 0.4) is 0 Å². The Hall–Kier alpha value is -3.36. The first-order valence-corrected chi connectivity index (χ1v) is 7.55.